The Hall–Kier alpha value is -4.49. The number of methoxy groups -OCH3 is 1. The smallest absolute Gasteiger partial charge is 0.335 e. The van der Waals surface area contributed by atoms with Gasteiger partial charge in [0.15, 0.2) is 11.0 Å². The topological polar surface area (TPSA) is 165 Å². The molecule has 0 spiro atoms. The molecule has 2 aromatic carbocycles. The second kappa shape index (κ2) is 12.2. The highest BCUT2D eigenvalue weighted by Gasteiger charge is 2.39. The molecular weight excluding hydrogens is 582 g/mol. The molecule has 4 heterocycles. The largest absolute Gasteiger partial charge is 0.478 e. The Balaban J connectivity index is 1.33. The summed E-state index contributed by atoms with van der Waals surface area (Å²) in [5.74, 6) is -1.78. The number of aromatic carboxylic acids is 1. The number of nitrogens with zero attached hydrogens (tertiary/aromatic N) is 4. The number of carboxylic acid groups (broad SMARTS) is 1. The van der Waals surface area contributed by atoms with Crippen LogP contribution in [0.4, 0.5) is 11.4 Å². The fourth-order valence-corrected chi connectivity index (χ4v) is 7.38. The quantitative estimate of drug-likeness (QED) is 0.240. The molecule has 2 amide bonds. The molecule has 44 heavy (non-hydrogen) atoms. The van der Waals surface area contributed by atoms with Gasteiger partial charge in [0, 0.05) is 56.0 Å². The number of aromatic nitrogens is 1. The predicted octanol–water partition coefficient (Wildman–Crippen LogP) is 3.09. The normalized spacial score (nSPS) is 18.4. The molecule has 3 aliphatic rings. The SMILES string of the molecule is COC1CCN(c2cccc3c2CCN(C(=O)c2nc4c(s2)CN(C(=N)N)CC4)C3C(=O)Nc2ccc(C(=O)O)cc2)CC1. The fraction of sp³-hybridized carbons (Fsp3) is 0.387. The van der Waals surface area contributed by atoms with Gasteiger partial charge in [-0.15, -0.1) is 11.3 Å². The number of nitrogens with one attached hydrogen (secondary N) is 2. The Bertz CT molecular complexity index is 1600. The van der Waals surface area contributed by atoms with Gasteiger partial charge in [-0.1, -0.05) is 12.1 Å². The van der Waals surface area contributed by atoms with E-state index < -0.39 is 12.0 Å². The third kappa shape index (κ3) is 5.72. The molecule has 6 rings (SSSR count). The van der Waals surface area contributed by atoms with Crippen molar-refractivity contribution in [1.29, 1.82) is 5.41 Å². The standard InChI is InChI=1S/C31H35N7O5S/c1-43-20-9-13-36(14-10-20)24-4-2-3-22-21(24)11-16-38(26(22)27(39)34-19-7-5-18(6-8-19)30(41)42)29(40)28-35-23-12-15-37(31(32)33)17-25(23)44-28/h2-8,20,26H,9-17H2,1H3,(H3,32,33)(H,34,39)(H,41,42). The summed E-state index contributed by atoms with van der Waals surface area (Å²) in [5.41, 5.74) is 9.96. The number of nitrogens with two attached hydrogens (primary N) is 1. The van der Waals surface area contributed by atoms with Crippen molar-refractivity contribution in [3.63, 3.8) is 0 Å². The van der Waals surface area contributed by atoms with Crippen LogP contribution in [0.2, 0.25) is 0 Å². The van der Waals surface area contributed by atoms with Crippen LogP contribution >= 0.6 is 11.3 Å². The summed E-state index contributed by atoms with van der Waals surface area (Å²) < 4.78 is 5.56. The van der Waals surface area contributed by atoms with Gasteiger partial charge in [-0.05, 0) is 60.7 Å². The predicted molar refractivity (Wildman–Crippen MR) is 166 cm³/mol. The molecule has 0 radical (unpaired) electrons. The summed E-state index contributed by atoms with van der Waals surface area (Å²) >= 11 is 1.29. The van der Waals surface area contributed by atoms with Crippen molar-refractivity contribution in [2.24, 2.45) is 5.73 Å². The van der Waals surface area contributed by atoms with Crippen LogP contribution in [-0.4, -0.2) is 83.0 Å². The third-order valence-electron chi connectivity index (χ3n) is 8.68. The molecule has 0 aliphatic carbocycles. The molecular formula is C31H35N7O5S. The van der Waals surface area contributed by atoms with E-state index in [1.165, 1.54) is 23.5 Å². The summed E-state index contributed by atoms with van der Waals surface area (Å²) in [5, 5.41) is 20.3. The van der Waals surface area contributed by atoms with Gasteiger partial charge in [0.2, 0.25) is 0 Å². The van der Waals surface area contributed by atoms with Gasteiger partial charge in [-0.3, -0.25) is 15.0 Å². The van der Waals surface area contributed by atoms with Crippen LogP contribution in [0.1, 0.15) is 60.7 Å². The number of carbonyl (C=O) groups excluding carboxylic acids is 2. The first kappa shape index (κ1) is 29.6. The van der Waals surface area contributed by atoms with Crippen LogP contribution in [0.5, 0.6) is 0 Å². The molecule has 1 aromatic heterocycles. The minimum atomic E-state index is -1.06. The first-order valence-corrected chi connectivity index (χ1v) is 15.5. The molecule has 3 aromatic rings. The lowest BCUT2D eigenvalue weighted by Crippen LogP contribution is -2.46. The number of piperidine rings is 1. The van der Waals surface area contributed by atoms with Crippen LogP contribution in [0.3, 0.4) is 0 Å². The molecule has 5 N–H and O–H groups in total. The van der Waals surface area contributed by atoms with Gasteiger partial charge in [-0.2, -0.15) is 0 Å². The molecule has 1 fully saturated rings. The number of amides is 2. The Morgan fingerprint density at radius 1 is 1.07 bits per heavy atom. The maximum absolute atomic E-state index is 14.1. The number of ether oxygens (including phenoxy) is 1. The molecule has 12 nitrogen and oxygen atoms in total. The first-order valence-electron chi connectivity index (χ1n) is 14.7. The zero-order valence-electron chi connectivity index (χ0n) is 24.4. The van der Waals surface area contributed by atoms with Crippen molar-refractivity contribution in [1.82, 2.24) is 14.8 Å². The summed E-state index contributed by atoms with van der Waals surface area (Å²) in [7, 11) is 1.74. The lowest BCUT2D eigenvalue weighted by molar-refractivity contribution is -0.121. The number of carboxylic acids is 1. The van der Waals surface area contributed by atoms with E-state index >= 15 is 0 Å². The number of guanidine groups is 1. The lowest BCUT2D eigenvalue weighted by atomic mass is 9.89. The number of rotatable bonds is 6. The number of hydrogen-bond donors (Lipinski definition) is 4. The molecule has 230 valence electrons. The minimum Gasteiger partial charge on any atom is -0.478 e. The van der Waals surface area contributed by atoms with E-state index in [9.17, 15) is 19.5 Å². The van der Waals surface area contributed by atoms with Crippen molar-refractivity contribution in [2.45, 2.75) is 44.4 Å². The van der Waals surface area contributed by atoms with E-state index in [4.69, 9.17) is 15.9 Å². The summed E-state index contributed by atoms with van der Waals surface area (Å²) in [6, 6.07) is 11.0. The number of hydrogen-bond acceptors (Lipinski definition) is 8. The van der Waals surface area contributed by atoms with Crippen LogP contribution in [0, 0.1) is 5.41 Å². The Kier molecular flexibility index (Phi) is 8.23. The zero-order valence-corrected chi connectivity index (χ0v) is 25.2. The summed E-state index contributed by atoms with van der Waals surface area (Å²) in [6.07, 6.45) is 3.23. The van der Waals surface area contributed by atoms with Crippen LogP contribution in [0.15, 0.2) is 42.5 Å². The molecule has 0 saturated carbocycles. The maximum Gasteiger partial charge on any atom is 0.335 e. The number of fused-ring (bicyclic) bond motifs is 2. The van der Waals surface area contributed by atoms with Crippen molar-refractivity contribution >= 4 is 46.5 Å². The van der Waals surface area contributed by atoms with Crippen molar-refractivity contribution in [2.75, 3.05) is 43.5 Å². The van der Waals surface area contributed by atoms with Gasteiger partial charge in [-0.25, -0.2) is 9.78 Å². The molecule has 0 bridgehead atoms. The highest BCUT2D eigenvalue weighted by Crippen LogP contribution is 2.39. The highest BCUT2D eigenvalue weighted by molar-refractivity contribution is 7.13. The van der Waals surface area contributed by atoms with Gasteiger partial charge in [0.1, 0.15) is 6.04 Å². The van der Waals surface area contributed by atoms with E-state index in [-0.39, 0.29) is 29.4 Å². The van der Waals surface area contributed by atoms with Crippen molar-refractivity contribution in [3.05, 3.63) is 74.7 Å². The van der Waals surface area contributed by atoms with Gasteiger partial charge in [0.25, 0.3) is 11.8 Å². The molecule has 3 aliphatic heterocycles. The van der Waals surface area contributed by atoms with Gasteiger partial charge in [0.05, 0.1) is 23.9 Å². The van der Waals surface area contributed by atoms with Crippen molar-refractivity contribution in [3.8, 4) is 0 Å². The van der Waals surface area contributed by atoms with E-state index in [0.29, 0.717) is 43.2 Å². The third-order valence-corrected chi connectivity index (χ3v) is 9.75. The first-order chi connectivity index (χ1) is 21.2. The number of thiazole rings is 1. The lowest BCUT2D eigenvalue weighted by Gasteiger charge is -2.40. The Morgan fingerprint density at radius 2 is 1.82 bits per heavy atom. The second-order valence-corrected chi connectivity index (χ2v) is 12.3. The Labute approximate surface area is 258 Å². The Morgan fingerprint density at radius 3 is 2.50 bits per heavy atom. The highest BCUT2D eigenvalue weighted by atomic mass is 32.1. The number of carbonyl (C=O) groups is 3. The average molecular weight is 618 g/mol. The van der Waals surface area contributed by atoms with Crippen LogP contribution in [0.25, 0.3) is 0 Å². The summed E-state index contributed by atoms with van der Waals surface area (Å²) in [4.78, 5) is 50.7. The van der Waals surface area contributed by atoms with E-state index in [1.807, 2.05) is 12.1 Å². The van der Waals surface area contributed by atoms with Crippen molar-refractivity contribution < 1.29 is 24.2 Å². The van der Waals surface area contributed by atoms with E-state index in [2.05, 4.69) is 21.3 Å². The van der Waals surface area contributed by atoms with E-state index in [0.717, 1.165) is 53.3 Å². The second-order valence-electron chi connectivity index (χ2n) is 11.2. The van der Waals surface area contributed by atoms with Crippen LogP contribution < -0.4 is 16.0 Å². The zero-order chi connectivity index (χ0) is 31.0. The molecule has 1 unspecified atom stereocenters. The van der Waals surface area contributed by atoms with E-state index in [1.54, 1.807) is 29.0 Å². The number of anilines is 2. The molecule has 1 atom stereocenters. The molecule has 13 heteroatoms. The maximum atomic E-state index is 14.1. The molecule has 1 saturated heterocycles. The summed E-state index contributed by atoms with van der Waals surface area (Å²) in [6.45, 7) is 3.00. The monoisotopic (exact) mass is 617 g/mol. The van der Waals surface area contributed by atoms with Crippen LogP contribution in [-0.2, 0) is 28.9 Å². The number of benzene rings is 2. The fourth-order valence-electron chi connectivity index (χ4n) is 6.30. The average Bonchev–Trinajstić information content (AvgIpc) is 3.47. The van der Waals surface area contributed by atoms with Gasteiger partial charge >= 0.3 is 5.97 Å². The van der Waals surface area contributed by atoms with Gasteiger partial charge < -0.3 is 35.6 Å². The minimum absolute atomic E-state index is 0.0139.